The first-order valence-corrected chi connectivity index (χ1v) is 4.32. The largest absolute Gasteiger partial charge is 0.326 e. The molecule has 0 aliphatic rings. The van der Waals surface area contributed by atoms with Gasteiger partial charge in [-0.05, 0) is 6.92 Å². The Hall–Kier alpha value is -0.870. The second kappa shape index (κ2) is 2.32. The Morgan fingerprint density at radius 1 is 1.73 bits per heavy atom. The molecule has 0 fully saturated rings. The van der Waals surface area contributed by atoms with Gasteiger partial charge in [0.1, 0.15) is 4.83 Å². The first kappa shape index (κ1) is 6.82. The molecule has 0 bridgehead atoms. The maximum atomic E-state index is 5.57. The van der Waals surface area contributed by atoms with Gasteiger partial charge in [0.15, 0.2) is 0 Å². The Morgan fingerprint density at radius 3 is 3.27 bits per heavy atom. The van der Waals surface area contributed by atoms with Gasteiger partial charge in [0.25, 0.3) is 0 Å². The number of rotatable bonds is 1. The second-order valence-corrected chi connectivity index (χ2v) is 3.32. The Labute approximate surface area is 68.4 Å². The van der Waals surface area contributed by atoms with Gasteiger partial charge in [-0.3, -0.25) is 0 Å². The average Bonchev–Trinajstić information content (AvgIpc) is 2.46. The summed E-state index contributed by atoms with van der Waals surface area (Å²) in [7, 11) is 0. The summed E-state index contributed by atoms with van der Waals surface area (Å²) >= 11 is 1.68. The number of nitrogens with two attached hydrogens (primary N) is 1. The number of hydrogen-bond donors (Lipinski definition) is 1. The highest BCUT2D eigenvalue weighted by Gasteiger charge is 2.07. The molecule has 2 aromatic rings. The molecular formula is C7H9N3S. The van der Waals surface area contributed by atoms with Crippen LogP contribution in [0.1, 0.15) is 11.3 Å². The maximum absolute atomic E-state index is 5.57. The Morgan fingerprint density at radius 2 is 2.55 bits per heavy atom. The summed E-state index contributed by atoms with van der Waals surface area (Å²) in [5.41, 5.74) is 7.78. The molecule has 0 radical (unpaired) electrons. The lowest BCUT2D eigenvalue weighted by Crippen LogP contribution is -1.96. The van der Waals surface area contributed by atoms with Gasteiger partial charge in [0.2, 0.25) is 0 Å². The van der Waals surface area contributed by atoms with Crippen LogP contribution >= 0.6 is 11.3 Å². The summed E-state index contributed by atoms with van der Waals surface area (Å²) < 4.78 is 1.88. The number of hydrogen-bond acceptors (Lipinski definition) is 3. The zero-order chi connectivity index (χ0) is 7.84. The smallest absolute Gasteiger partial charge is 0.123 e. The number of aromatic nitrogens is 2. The highest BCUT2D eigenvalue weighted by atomic mass is 32.1. The van der Waals surface area contributed by atoms with E-state index in [1.54, 1.807) is 11.3 Å². The maximum Gasteiger partial charge on any atom is 0.123 e. The van der Waals surface area contributed by atoms with Crippen molar-refractivity contribution in [2.24, 2.45) is 5.73 Å². The molecule has 2 aromatic heterocycles. The van der Waals surface area contributed by atoms with Gasteiger partial charge in [0.05, 0.1) is 5.69 Å². The van der Waals surface area contributed by atoms with Crippen LogP contribution in [0.25, 0.3) is 4.83 Å². The third kappa shape index (κ3) is 0.868. The van der Waals surface area contributed by atoms with E-state index in [-0.39, 0.29) is 0 Å². The summed E-state index contributed by atoms with van der Waals surface area (Å²) in [4.78, 5) is 1.17. The molecule has 0 spiro atoms. The second-order valence-electron chi connectivity index (χ2n) is 2.42. The fourth-order valence-electron chi connectivity index (χ4n) is 1.17. The van der Waals surface area contributed by atoms with Gasteiger partial charge < -0.3 is 5.73 Å². The molecule has 2 rings (SSSR count). The van der Waals surface area contributed by atoms with Crippen molar-refractivity contribution >= 4 is 16.2 Å². The molecule has 3 nitrogen and oxygen atoms in total. The lowest BCUT2D eigenvalue weighted by Gasteiger charge is -1.88. The molecule has 2 N–H and O–H groups in total. The minimum absolute atomic E-state index is 0.579. The molecule has 0 amide bonds. The molecule has 2 heterocycles. The summed E-state index contributed by atoms with van der Waals surface area (Å²) in [5.74, 6) is 0. The van der Waals surface area contributed by atoms with Crippen LogP contribution in [0, 0.1) is 6.92 Å². The first-order valence-electron chi connectivity index (χ1n) is 3.44. The van der Waals surface area contributed by atoms with E-state index in [1.165, 1.54) is 10.4 Å². The van der Waals surface area contributed by atoms with E-state index >= 15 is 0 Å². The number of thiazole rings is 1. The lowest BCUT2D eigenvalue weighted by atomic mass is 10.3. The minimum Gasteiger partial charge on any atom is -0.326 e. The Bertz CT molecular complexity index is 374. The third-order valence-corrected chi connectivity index (χ3v) is 2.66. The van der Waals surface area contributed by atoms with Crippen LogP contribution < -0.4 is 5.73 Å². The van der Waals surface area contributed by atoms with Gasteiger partial charge >= 0.3 is 0 Å². The lowest BCUT2D eigenvalue weighted by molar-refractivity contribution is 0.942. The van der Waals surface area contributed by atoms with E-state index in [0.29, 0.717) is 6.54 Å². The normalized spacial score (nSPS) is 11.1. The highest BCUT2D eigenvalue weighted by Crippen LogP contribution is 2.19. The minimum atomic E-state index is 0.579. The molecule has 0 aliphatic carbocycles. The fraction of sp³-hybridized carbons (Fsp3) is 0.286. The topological polar surface area (TPSA) is 43.3 Å². The first-order chi connectivity index (χ1) is 5.33. The molecule has 58 valence electrons. The number of aryl methyl sites for hydroxylation is 1. The third-order valence-electron chi connectivity index (χ3n) is 1.75. The summed E-state index contributed by atoms with van der Waals surface area (Å²) in [6.45, 7) is 2.57. The Balaban J connectivity index is 2.80. The van der Waals surface area contributed by atoms with E-state index in [0.717, 1.165) is 5.69 Å². The van der Waals surface area contributed by atoms with Gasteiger partial charge in [-0.1, -0.05) is 0 Å². The van der Waals surface area contributed by atoms with Crippen molar-refractivity contribution < 1.29 is 0 Å². The van der Waals surface area contributed by atoms with Crippen molar-refractivity contribution in [1.29, 1.82) is 0 Å². The van der Waals surface area contributed by atoms with E-state index < -0.39 is 0 Å². The van der Waals surface area contributed by atoms with E-state index in [2.05, 4.69) is 5.10 Å². The van der Waals surface area contributed by atoms with Crippen LogP contribution in [-0.2, 0) is 6.54 Å². The van der Waals surface area contributed by atoms with Crippen LogP contribution in [0.3, 0.4) is 0 Å². The molecule has 0 unspecified atom stereocenters. The fourth-order valence-corrected chi connectivity index (χ4v) is 2.06. The van der Waals surface area contributed by atoms with Crippen LogP contribution in [0.4, 0.5) is 0 Å². The van der Waals surface area contributed by atoms with Crippen molar-refractivity contribution in [1.82, 2.24) is 9.61 Å². The van der Waals surface area contributed by atoms with Crippen molar-refractivity contribution in [3.05, 3.63) is 22.8 Å². The zero-order valence-corrected chi connectivity index (χ0v) is 7.06. The molecule has 4 heteroatoms. The quantitative estimate of drug-likeness (QED) is 0.692. The number of fused-ring (bicyclic) bond motifs is 1. The van der Waals surface area contributed by atoms with Crippen LogP contribution in [0.2, 0.25) is 0 Å². The average molecular weight is 167 g/mol. The zero-order valence-electron chi connectivity index (χ0n) is 6.24. The van der Waals surface area contributed by atoms with Gasteiger partial charge in [-0.2, -0.15) is 5.10 Å². The molecule has 0 aliphatic heterocycles. The van der Waals surface area contributed by atoms with Gasteiger partial charge in [-0.25, -0.2) is 4.52 Å². The Kier molecular flexibility index (Phi) is 1.44. The van der Waals surface area contributed by atoms with E-state index in [4.69, 9.17) is 5.73 Å². The standard InChI is InChI=1S/C7H9N3S/c1-5-6(4-8)7-10(9-5)2-3-11-7/h2-3H,4,8H2,1H3. The van der Waals surface area contributed by atoms with E-state index in [9.17, 15) is 0 Å². The predicted octanol–water partition coefficient (Wildman–Crippen LogP) is 1.16. The monoisotopic (exact) mass is 167 g/mol. The van der Waals surface area contributed by atoms with Crippen LogP contribution in [-0.4, -0.2) is 9.61 Å². The molecular weight excluding hydrogens is 158 g/mol. The van der Waals surface area contributed by atoms with Crippen LogP contribution in [0.15, 0.2) is 11.6 Å². The summed E-state index contributed by atoms with van der Waals surface area (Å²) in [5, 5.41) is 6.31. The van der Waals surface area contributed by atoms with Crippen LogP contribution in [0.5, 0.6) is 0 Å². The molecule has 0 saturated heterocycles. The highest BCUT2D eigenvalue weighted by molar-refractivity contribution is 7.15. The van der Waals surface area contributed by atoms with Crippen molar-refractivity contribution in [3.8, 4) is 0 Å². The van der Waals surface area contributed by atoms with Crippen molar-refractivity contribution in [2.45, 2.75) is 13.5 Å². The SMILES string of the molecule is Cc1nn2ccsc2c1CN. The molecule has 11 heavy (non-hydrogen) atoms. The van der Waals surface area contributed by atoms with Crippen molar-refractivity contribution in [3.63, 3.8) is 0 Å². The molecule has 0 aromatic carbocycles. The summed E-state index contributed by atoms with van der Waals surface area (Å²) in [6, 6.07) is 0. The number of nitrogens with zero attached hydrogens (tertiary/aromatic N) is 2. The predicted molar refractivity (Wildman–Crippen MR) is 45.7 cm³/mol. The van der Waals surface area contributed by atoms with Crippen molar-refractivity contribution in [2.75, 3.05) is 0 Å². The van der Waals surface area contributed by atoms with Gasteiger partial charge in [0, 0.05) is 23.7 Å². The molecule has 0 saturated carbocycles. The van der Waals surface area contributed by atoms with E-state index in [1.807, 2.05) is 23.0 Å². The molecule has 0 atom stereocenters. The summed E-state index contributed by atoms with van der Waals surface area (Å²) in [6.07, 6.45) is 1.95. The van der Waals surface area contributed by atoms with Gasteiger partial charge in [-0.15, -0.1) is 11.3 Å².